The number of aromatic nitrogens is 3. The molecule has 2 aromatic rings. The number of ketones is 2. The van der Waals surface area contributed by atoms with Gasteiger partial charge in [-0.2, -0.15) is 0 Å². The SMILES string of the molecule is O=C(CC(=O)c1ncccn1)c1ccccn1. The molecule has 17 heavy (non-hydrogen) atoms. The maximum atomic E-state index is 11.7. The van der Waals surface area contributed by atoms with E-state index in [0.29, 0.717) is 0 Å². The Morgan fingerprint density at radius 1 is 0.882 bits per heavy atom. The van der Waals surface area contributed by atoms with Gasteiger partial charge < -0.3 is 0 Å². The first-order valence-corrected chi connectivity index (χ1v) is 5.02. The van der Waals surface area contributed by atoms with E-state index in [1.165, 1.54) is 18.6 Å². The van der Waals surface area contributed by atoms with Crippen LogP contribution in [0.5, 0.6) is 0 Å². The summed E-state index contributed by atoms with van der Waals surface area (Å²) in [7, 11) is 0. The van der Waals surface area contributed by atoms with Gasteiger partial charge in [-0.25, -0.2) is 9.97 Å². The van der Waals surface area contributed by atoms with Gasteiger partial charge in [0.25, 0.3) is 0 Å². The van der Waals surface area contributed by atoms with Gasteiger partial charge in [-0.15, -0.1) is 0 Å². The van der Waals surface area contributed by atoms with E-state index < -0.39 is 5.78 Å². The zero-order chi connectivity index (χ0) is 12.1. The molecule has 0 amide bonds. The zero-order valence-corrected chi connectivity index (χ0v) is 8.91. The van der Waals surface area contributed by atoms with Crippen LogP contribution < -0.4 is 0 Å². The summed E-state index contributed by atoms with van der Waals surface area (Å²) in [5, 5.41) is 0. The fourth-order valence-electron chi connectivity index (χ4n) is 1.29. The van der Waals surface area contributed by atoms with Gasteiger partial charge in [-0.05, 0) is 18.2 Å². The average molecular weight is 227 g/mol. The molecule has 2 aromatic heterocycles. The topological polar surface area (TPSA) is 72.8 Å². The Labute approximate surface area is 97.6 Å². The molecular formula is C12H9N3O2. The van der Waals surface area contributed by atoms with Gasteiger partial charge in [0, 0.05) is 18.6 Å². The van der Waals surface area contributed by atoms with E-state index in [1.807, 2.05) is 0 Å². The normalized spacial score (nSPS) is 9.88. The zero-order valence-electron chi connectivity index (χ0n) is 8.91. The van der Waals surface area contributed by atoms with Crippen LogP contribution in [0.4, 0.5) is 0 Å². The monoisotopic (exact) mass is 227 g/mol. The van der Waals surface area contributed by atoms with Crippen molar-refractivity contribution in [2.45, 2.75) is 6.42 Å². The third-order valence-corrected chi connectivity index (χ3v) is 2.09. The maximum absolute atomic E-state index is 11.7. The van der Waals surface area contributed by atoms with Crippen molar-refractivity contribution in [2.75, 3.05) is 0 Å². The van der Waals surface area contributed by atoms with Gasteiger partial charge in [0.05, 0.1) is 6.42 Å². The van der Waals surface area contributed by atoms with Crippen molar-refractivity contribution in [3.05, 3.63) is 54.4 Å². The molecule has 84 valence electrons. The molecule has 0 saturated heterocycles. The molecule has 0 fully saturated rings. The van der Waals surface area contributed by atoms with Crippen LogP contribution in [-0.2, 0) is 0 Å². The molecule has 5 heteroatoms. The smallest absolute Gasteiger partial charge is 0.207 e. The fourth-order valence-corrected chi connectivity index (χ4v) is 1.29. The summed E-state index contributed by atoms with van der Waals surface area (Å²) >= 11 is 0. The van der Waals surface area contributed by atoms with Gasteiger partial charge in [-0.1, -0.05) is 6.07 Å². The molecule has 0 aliphatic heterocycles. The summed E-state index contributed by atoms with van der Waals surface area (Å²) in [6.07, 6.45) is 4.18. The van der Waals surface area contributed by atoms with E-state index in [0.717, 1.165) is 0 Å². The molecule has 0 aliphatic carbocycles. The highest BCUT2D eigenvalue weighted by atomic mass is 16.1. The van der Waals surface area contributed by atoms with Crippen LogP contribution in [-0.4, -0.2) is 26.5 Å². The second-order valence-electron chi connectivity index (χ2n) is 3.31. The van der Waals surface area contributed by atoms with E-state index in [2.05, 4.69) is 15.0 Å². The largest absolute Gasteiger partial charge is 0.292 e. The summed E-state index contributed by atoms with van der Waals surface area (Å²) in [4.78, 5) is 34.8. The van der Waals surface area contributed by atoms with E-state index >= 15 is 0 Å². The lowest BCUT2D eigenvalue weighted by atomic mass is 10.1. The van der Waals surface area contributed by atoms with Gasteiger partial charge in [0.15, 0.2) is 11.6 Å². The highest BCUT2D eigenvalue weighted by Gasteiger charge is 2.15. The first-order chi connectivity index (χ1) is 8.27. The van der Waals surface area contributed by atoms with E-state index in [9.17, 15) is 9.59 Å². The molecule has 5 nitrogen and oxygen atoms in total. The van der Waals surface area contributed by atoms with Gasteiger partial charge in [0.1, 0.15) is 5.69 Å². The molecule has 2 rings (SSSR count). The molecule has 0 aromatic carbocycles. The number of carbonyl (C=O) groups excluding carboxylic acids is 2. The Morgan fingerprint density at radius 3 is 2.24 bits per heavy atom. The third-order valence-electron chi connectivity index (χ3n) is 2.09. The van der Waals surface area contributed by atoms with Gasteiger partial charge >= 0.3 is 0 Å². The van der Waals surface area contributed by atoms with Crippen LogP contribution in [0, 0.1) is 0 Å². The molecule has 0 N–H and O–H groups in total. The predicted octanol–water partition coefficient (Wildman–Crippen LogP) is 1.33. The molecule has 0 bridgehead atoms. The van der Waals surface area contributed by atoms with Crippen molar-refractivity contribution < 1.29 is 9.59 Å². The molecule has 0 aliphatic rings. The first-order valence-electron chi connectivity index (χ1n) is 5.02. The van der Waals surface area contributed by atoms with Gasteiger partial charge in [0.2, 0.25) is 5.78 Å². The number of pyridine rings is 1. The van der Waals surface area contributed by atoms with Crippen LogP contribution >= 0.6 is 0 Å². The van der Waals surface area contributed by atoms with Crippen LogP contribution in [0.3, 0.4) is 0 Å². The Morgan fingerprint density at radius 2 is 1.59 bits per heavy atom. The molecule has 0 atom stereocenters. The lowest BCUT2D eigenvalue weighted by Crippen LogP contribution is -2.12. The lowest BCUT2D eigenvalue weighted by Gasteiger charge is -1.98. The summed E-state index contributed by atoms with van der Waals surface area (Å²) in [5.41, 5.74) is 0.275. The number of rotatable bonds is 4. The van der Waals surface area contributed by atoms with Crippen molar-refractivity contribution in [3.63, 3.8) is 0 Å². The molecule has 0 unspecified atom stereocenters. The summed E-state index contributed by atoms with van der Waals surface area (Å²) in [5.74, 6) is -0.680. The number of Topliss-reactive ketones (excluding diaryl/α,β-unsaturated/α-hetero) is 2. The minimum absolute atomic E-state index is 0.0526. The Balaban J connectivity index is 2.08. The molecule has 0 saturated carbocycles. The molecule has 0 spiro atoms. The highest BCUT2D eigenvalue weighted by Crippen LogP contribution is 2.03. The van der Waals surface area contributed by atoms with E-state index in [-0.39, 0.29) is 23.7 Å². The van der Waals surface area contributed by atoms with Crippen molar-refractivity contribution in [2.24, 2.45) is 0 Å². The van der Waals surface area contributed by atoms with Crippen molar-refractivity contribution in [1.82, 2.24) is 15.0 Å². The highest BCUT2D eigenvalue weighted by molar-refractivity contribution is 6.11. The number of nitrogens with zero attached hydrogens (tertiary/aromatic N) is 3. The number of hydrogen-bond donors (Lipinski definition) is 0. The Kier molecular flexibility index (Phi) is 3.30. The van der Waals surface area contributed by atoms with Gasteiger partial charge in [-0.3, -0.25) is 14.6 Å². The summed E-state index contributed by atoms with van der Waals surface area (Å²) in [6, 6.07) is 6.58. The number of carbonyl (C=O) groups is 2. The third kappa shape index (κ3) is 2.78. The predicted molar refractivity (Wildman–Crippen MR) is 59.5 cm³/mol. The standard InChI is InChI=1S/C12H9N3O2/c16-10(9-4-1-2-5-13-9)8-11(17)12-14-6-3-7-15-12/h1-7H,8H2. The van der Waals surface area contributed by atoms with Crippen LogP contribution in [0.25, 0.3) is 0 Å². The molecular weight excluding hydrogens is 218 g/mol. The number of hydrogen-bond acceptors (Lipinski definition) is 5. The minimum Gasteiger partial charge on any atom is -0.292 e. The first kappa shape index (κ1) is 11.1. The Hall–Kier alpha value is -2.43. The molecule has 0 radical (unpaired) electrons. The van der Waals surface area contributed by atoms with Crippen molar-refractivity contribution >= 4 is 11.6 Å². The van der Waals surface area contributed by atoms with Crippen molar-refractivity contribution in [3.8, 4) is 0 Å². The van der Waals surface area contributed by atoms with E-state index in [1.54, 1.807) is 24.3 Å². The lowest BCUT2D eigenvalue weighted by molar-refractivity contribution is 0.0885. The van der Waals surface area contributed by atoms with Crippen LogP contribution in [0.15, 0.2) is 42.9 Å². The molecule has 2 heterocycles. The summed E-state index contributed by atoms with van der Waals surface area (Å²) < 4.78 is 0. The maximum Gasteiger partial charge on any atom is 0.207 e. The second-order valence-corrected chi connectivity index (χ2v) is 3.31. The minimum atomic E-state index is -0.402. The summed E-state index contributed by atoms with van der Waals surface area (Å²) in [6.45, 7) is 0. The van der Waals surface area contributed by atoms with Crippen LogP contribution in [0.2, 0.25) is 0 Å². The second kappa shape index (κ2) is 5.07. The van der Waals surface area contributed by atoms with Crippen molar-refractivity contribution in [1.29, 1.82) is 0 Å². The Bertz CT molecular complexity index is 476. The van der Waals surface area contributed by atoms with Crippen LogP contribution in [0.1, 0.15) is 27.5 Å². The quantitative estimate of drug-likeness (QED) is 0.582. The average Bonchev–Trinajstić information content (AvgIpc) is 2.40. The van der Waals surface area contributed by atoms with E-state index in [4.69, 9.17) is 0 Å². The fraction of sp³-hybridized carbons (Fsp3) is 0.0833.